The first kappa shape index (κ1) is 38.3. The predicted octanol–water partition coefficient (Wildman–Crippen LogP) is -0.978. The van der Waals surface area contributed by atoms with Gasteiger partial charge in [-0.3, -0.25) is 37.8 Å². The van der Waals surface area contributed by atoms with Crippen LogP contribution in [0.1, 0.15) is 12.5 Å². The Bertz CT molecular complexity index is 2580. The van der Waals surface area contributed by atoms with E-state index < -0.39 is 89.1 Å². The lowest BCUT2D eigenvalue weighted by atomic mass is 10.1. The Kier molecular flexibility index (Phi) is 9.43. The number of aliphatic hydroxyl groups is 2. The molecule has 0 saturated carbocycles. The smallest absolute Gasteiger partial charge is 0.280 e. The van der Waals surface area contributed by atoms with Crippen LogP contribution in [0.5, 0.6) is 0 Å². The first-order valence-corrected chi connectivity index (χ1v) is 20.2. The van der Waals surface area contributed by atoms with Gasteiger partial charge < -0.3 is 59.0 Å². The van der Waals surface area contributed by atoms with E-state index in [1.807, 2.05) is 0 Å². The standard InChI is InChI=1S/C32H32N10O14P2/c33-31-37-25-17(27(45)39-31)35-23(13-7-3-1-4-8-13)41(25)29-19(43)21-15(53-29)11-51-58(49,50)56-22-16(12-52-57(47,48)55-21)54-30(20(22)44)42-24(14-9-5-2-6-10-14)36-18-26(42)38-32(34)40-28(18)46/h1-10,15-16,19-22,29-30,43-44H,11-12H2,(H,47,48)(H,49,50)(H3,33,37,39,45)(H3,34,38,40,46)/p-2/t15-,16-,19?,20?,21?,22?,29-,30-/m1/s1. The van der Waals surface area contributed by atoms with Crippen LogP contribution < -0.4 is 32.4 Å². The fourth-order valence-electron chi connectivity index (χ4n) is 7.15. The number of aliphatic hydroxyl groups excluding tert-OH is 2. The molecule has 2 aromatic carbocycles. The number of anilines is 2. The molecule has 8 N–H and O–H groups in total. The van der Waals surface area contributed by atoms with Crippen molar-refractivity contribution >= 4 is 49.9 Å². The molecule has 0 aliphatic carbocycles. The van der Waals surface area contributed by atoms with Crippen molar-refractivity contribution in [3.63, 3.8) is 0 Å². The van der Waals surface area contributed by atoms with E-state index in [1.165, 1.54) is 9.13 Å². The van der Waals surface area contributed by atoms with Gasteiger partial charge in [0.2, 0.25) is 11.9 Å². The molecule has 9 rings (SSSR count). The van der Waals surface area contributed by atoms with Crippen LogP contribution in [0.2, 0.25) is 0 Å². The summed E-state index contributed by atoms with van der Waals surface area (Å²) in [5, 5.41) is 23.3. The lowest BCUT2D eigenvalue weighted by Gasteiger charge is -2.34. The molecule has 3 fully saturated rings. The number of aromatic nitrogens is 8. The average molecular weight is 841 g/mol. The van der Waals surface area contributed by atoms with Gasteiger partial charge in [0.25, 0.3) is 26.8 Å². The molecular formula is C32H30N10O14P2-2. The van der Waals surface area contributed by atoms with E-state index in [9.17, 15) is 38.7 Å². The molecule has 24 nitrogen and oxygen atoms in total. The minimum Gasteiger partial charge on any atom is -0.756 e. The summed E-state index contributed by atoms with van der Waals surface area (Å²) in [6, 6.07) is 16.6. The van der Waals surface area contributed by atoms with Crippen LogP contribution >= 0.6 is 15.6 Å². The number of phosphoric ester groups is 2. The van der Waals surface area contributed by atoms with Crippen LogP contribution in [0, 0.1) is 0 Å². The second-order valence-corrected chi connectivity index (χ2v) is 16.1. The highest BCUT2D eigenvalue weighted by atomic mass is 31.2. The second-order valence-electron chi connectivity index (χ2n) is 13.3. The number of fused-ring (bicyclic) bond motifs is 4. The number of nitrogen functional groups attached to an aromatic ring is 2. The Morgan fingerprint density at radius 3 is 1.41 bits per heavy atom. The third-order valence-corrected chi connectivity index (χ3v) is 11.6. The molecule has 3 saturated heterocycles. The minimum atomic E-state index is -5.49. The number of nitrogens with one attached hydrogen (secondary N) is 2. The van der Waals surface area contributed by atoms with Crippen molar-refractivity contribution in [2.75, 3.05) is 24.7 Å². The van der Waals surface area contributed by atoms with Gasteiger partial charge in [-0.2, -0.15) is 9.97 Å². The van der Waals surface area contributed by atoms with Crippen LogP contribution in [-0.2, 0) is 36.7 Å². The van der Waals surface area contributed by atoms with E-state index in [1.54, 1.807) is 60.7 Å². The summed E-state index contributed by atoms with van der Waals surface area (Å²) < 4.78 is 62.4. The predicted molar refractivity (Wildman–Crippen MR) is 193 cm³/mol. The van der Waals surface area contributed by atoms with Crippen molar-refractivity contribution in [3.05, 3.63) is 81.4 Å². The number of hydrogen-bond donors (Lipinski definition) is 6. The highest BCUT2D eigenvalue weighted by Gasteiger charge is 2.52. The number of benzene rings is 2. The van der Waals surface area contributed by atoms with Crippen LogP contribution in [0.25, 0.3) is 45.1 Å². The van der Waals surface area contributed by atoms with Crippen LogP contribution in [0.3, 0.4) is 0 Å². The summed E-state index contributed by atoms with van der Waals surface area (Å²) in [5.41, 5.74) is 10.3. The lowest BCUT2D eigenvalue weighted by Crippen LogP contribution is -2.41. The van der Waals surface area contributed by atoms with Gasteiger partial charge in [-0.25, -0.2) is 9.97 Å². The van der Waals surface area contributed by atoms with E-state index in [2.05, 4.69) is 29.9 Å². The second kappa shape index (κ2) is 14.3. The third-order valence-electron chi connectivity index (χ3n) is 9.63. The maximum Gasteiger partial charge on any atom is 0.280 e. The van der Waals surface area contributed by atoms with Crippen molar-refractivity contribution in [1.82, 2.24) is 39.0 Å². The summed E-state index contributed by atoms with van der Waals surface area (Å²) in [6.45, 7) is -2.01. The zero-order chi connectivity index (χ0) is 40.7. The largest absolute Gasteiger partial charge is 0.756 e. The van der Waals surface area contributed by atoms with Crippen molar-refractivity contribution in [2.45, 2.75) is 49.1 Å². The van der Waals surface area contributed by atoms with Crippen molar-refractivity contribution in [1.29, 1.82) is 0 Å². The number of hydrogen-bond acceptors (Lipinski definition) is 20. The molecule has 10 atom stereocenters. The van der Waals surface area contributed by atoms with Crippen LogP contribution in [0.4, 0.5) is 11.9 Å². The van der Waals surface area contributed by atoms with Gasteiger partial charge >= 0.3 is 0 Å². The summed E-state index contributed by atoms with van der Waals surface area (Å²) >= 11 is 0. The first-order chi connectivity index (χ1) is 27.7. The minimum absolute atomic E-state index is 0.0398. The fraction of sp³-hybridized carbons (Fsp3) is 0.312. The van der Waals surface area contributed by atoms with Crippen LogP contribution in [-0.4, -0.2) is 99.1 Å². The number of nitrogens with zero attached hydrogens (tertiary/aromatic N) is 6. The summed E-state index contributed by atoms with van der Waals surface area (Å²) in [7, 11) is -11.0. The van der Waals surface area contributed by atoms with Crippen LogP contribution in [0.15, 0.2) is 70.3 Å². The monoisotopic (exact) mass is 840 g/mol. The highest BCUT2D eigenvalue weighted by molar-refractivity contribution is 7.46. The van der Waals surface area contributed by atoms with E-state index in [4.69, 9.17) is 39.0 Å². The molecule has 6 aromatic rings. The highest BCUT2D eigenvalue weighted by Crippen LogP contribution is 2.51. The number of rotatable bonds is 4. The molecule has 6 unspecified atom stereocenters. The van der Waals surface area contributed by atoms with Crippen molar-refractivity contribution in [2.24, 2.45) is 0 Å². The number of phosphoric acid groups is 2. The lowest BCUT2D eigenvalue weighted by molar-refractivity contribution is -0.244. The van der Waals surface area contributed by atoms with Gasteiger partial charge in [-0.05, 0) is 0 Å². The molecule has 304 valence electrons. The molecule has 3 aliphatic rings. The number of nitrogens with two attached hydrogens (primary N) is 2. The van der Waals surface area contributed by atoms with Gasteiger partial charge in [0.1, 0.15) is 48.3 Å². The zero-order valence-electron chi connectivity index (χ0n) is 29.3. The van der Waals surface area contributed by atoms with E-state index >= 15 is 0 Å². The molecule has 0 spiro atoms. The summed E-state index contributed by atoms with van der Waals surface area (Å²) in [5.74, 6) is -0.555. The number of aromatic amines is 2. The Hall–Kier alpha value is -5.20. The molecule has 0 amide bonds. The Balaban J connectivity index is 1.06. The van der Waals surface area contributed by atoms with E-state index in [0.717, 1.165) is 0 Å². The Morgan fingerprint density at radius 1 is 0.655 bits per heavy atom. The molecule has 7 heterocycles. The fourth-order valence-corrected chi connectivity index (χ4v) is 9.05. The quantitative estimate of drug-likeness (QED) is 0.116. The number of imidazole rings is 2. The topological polar surface area (TPSA) is 355 Å². The molecule has 26 heteroatoms. The zero-order valence-corrected chi connectivity index (χ0v) is 31.1. The van der Waals surface area contributed by atoms with E-state index in [-0.39, 0.29) is 45.9 Å². The molecular weight excluding hydrogens is 810 g/mol. The van der Waals surface area contributed by atoms with Crippen molar-refractivity contribution in [3.8, 4) is 22.8 Å². The Morgan fingerprint density at radius 2 is 1.03 bits per heavy atom. The maximum absolute atomic E-state index is 13.5. The summed E-state index contributed by atoms with van der Waals surface area (Å²) in [4.78, 5) is 74.5. The molecule has 4 aromatic heterocycles. The molecule has 3 aliphatic heterocycles. The molecule has 0 bridgehead atoms. The van der Waals surface area contributed by atoms with Crippen molar-refractivity contribution < 1.29 is 56.7 Å². The Labute approximate surface area is 323 Å². The van der Waals surface area contributed by atoms with Gasteiger partial charge in [-0.1, -0.05) is 60.7 Å². The normalized spacial score (nSPS) is 31.8. The molecule has 58 heavy (non-hydrogen) atoms. The van der Waals surface area contributed by atoms with E-state index in [0.29, 0.717) is 11.1 Å². The first-order valence-electron chi connectivity index (χ1n) is 17.3. The molecule has 0 radical (unpaired) electrons. The van der Waals surface area contributed by atoms with Gasteiger partial charge in [0.05, 0.1) is 13.2 Å². The maximum atomic E-state index is 13.5. The number of ether oxygens (including phenoxy) is 2. The van der Waals surface area contributed by atoms with Gasteiger partial charge in [0, 0.05) is 11.1 Å². The number of H-pyrrole nitrogens is 2. The van der Waals surface area contributed by atoms with Gasteiger partial charge in [-0.15, -0.1) is 0 Å². The average Bonchev–Trinajstić information content (AvgIpc) is 3.91. The SMILES string of the molecule is Nc1nc2c(nc(-c3ccccc3)n2[C@@H]2O[C@@H]3COP(=O)([O-])OC4C(O)[C@H](n5c(-c6ccccc6)nc6c(=O)[nH]c(N)nc65)O[C@@H]4COP(=O)([O-])OC3C2O)c(=O)[nH]1. The summed E-state index contributed by atoms with van der Waals surface area (Å²) in [6.07, 6.45) is -14.3. The third kappa shape index (κ3) is 6.73. The van der Waals surface area contributed by atoms with Gasteiger partial charge in [0.15, 0.2) is 34.8 Å².